The van der Waals surface area contributed by atoms with Crippen LogP contribution >= 0.6 is 11.3 Å². The quantitative estimate of drug-likeness (QED) is 0.869. The van der Waals surface area contributed by atoms with Gasteiger partial charge in [-0.1, -0.05) is 0 Å². The van der Waals surface area contributed by atoms with Gasteiger partial charge in [0.25, 0.3) is 6.43 Å². The van der Waals surface area contributed by atoms with Gasteiger partial charge in [0.2, 0.25) is 0 Å². The van der Waals surface area contributed by atoms with E-state index in [1.807, 2.05) is 0 Å². The zero-order valence-corrected chi connectivity index (χ0v) is 12.5. The van der Waals surface area contributed by atoms with E-state index in [-0.39, 0.29) is 15.5 Å². The molecule has 0 saturated carbocycles. The van der Waals surface area contributed by atoms with E-state index in [0.717, 1.165) is 32.2 Å². The van der Waals surface area contributed by atoms with Crippen molar-refractivity contribution in [3.8, 4) is 5.75 Å². The number of hydrogen-bond donors (Lipinski definition) is 1. The standard InChI is InChI=1S/C13H18F2N2O3S/c1-16-2-4-17(5-3-16)6-7-20-9-8-10(12(14)15)21-11(9)13(18)19/h8,12H,2-7H2,1H3,(H,18,19). The molecular weight excluding hydrogens is 302 g/mol. The summed E-state index contributed by atoms with van der Waals surface area (Å²) in [6.07, 6.45) is -2.68. The molecule has 0 aromatic carbocycles. The monoisotopic (exact) mass is 320 g/mol. The van der Waals surface area contributed by atoms with Crippen LogP contribution in [0.4, 0.5) is 8.78 Å². The predicted molar refractivity (Wildman–Crippen MR) is 75.7 cm³/mol. The first-order chi connectivity index (χ1) is 9.97. The Morgan fingerprint density at radius 2 is 2.10 bits per heavy atom. The number of rotatable bonds is 6. The molecule has 1 aliphatic heterocycles. The Morgan fingerprint density at radius 1 is 1.43 bits per heavy atom. The summed E-state index contributed by atoms with van der Waals surface area (Å²) in [6, 6.07) is 1.13. The number of likely N-dealkylation sites (N-methyl/N-ethyl adjacent to an activating group) is 1. The van der Waals surface area contributed by atoms with Crippen molar-refractivity contribution in [1.82, 2.24) is 9.80 Å². The van der Waals surface area contributed by atoms with Gasteiger partial charge in [-0.25, -0.2) is 13.6 Å². The van der Waals surface area contributed by atoms with E-state index < -0.39 is 12.4 Å². The molecular formula is C13H18F2N2O3S. The maximum atomic E-state index is 12.6. The van der Waals surface area contributed by atoms with Crippen LogP contribution in [0.25, 0.3) is 0 Å². The summed E-state index contributed by atoms with van der Waals surface area (Å²) in [5.74, 6) is -1.20. The van der Waals surface area contributed by atoms with Gasteiger partial charge in [0.15, 0.2) is 4.88 Å². The molecule has 0 spiro atoms. The van der Waals surface area contributed by atoms with Crippen molar-refractivity contribution < 1.29 is 23.4 Å². The third kappa shape index (κ3) is 4.36. The molecule has 2 rings (SSSR count). The third-order valence-electron chi connectivity index (χ3n) is 3.39. The average Bonchev–Trinajstić information content (AvgIpc) is 2.86. The molecule has 5 nitrogen and oxygen atoms in total. The lowest BCUT2D eigenvalue weighted by atomic mass is 10.3. The van der Waals surface area contributed by atoms with Crippen LogP contribution in [0.5, 0.6) is 5.75 Å². The number of ether oxygens (including phenoxy) is 1. The number of piperazine rings is 1. The molecule has 1 saturated heterocycles. The Morgan fingerprint density at radius 3 is 2.67 bits per heavy atom. The van der Waals surface area contributed by atoms with Gasteiger partial charge in [0, 0.05) is 38.8 Å². The van der Waals surface area contributed by atoms with Crippen molar-refractivity contribution in [2.45, 2.75) is 6.43 Å². The second kappa shape index (κ2) is 7.15. The van der Waals surface area contributed by atoms with Gasteiger partial charge in [-0.3, -0.25) is 4.90 Å². The first kappa shape index (κ1) is 16.1. The maximum Gasteiger partial charge on any atom is 0.349 e. The minimum atomic E-state index is -2.68. The van der Waals surface area contributed by atoms with Gasteiger partial charge in [0.05, 0.1) is 4.88 Å². The van der Waals surface area contributed by atoms with Crippen LogP contribution in [0, 0.1) is 0 Å². The molecule has 2 heterocycles. The first-order valence-electron chi connectivity index (χ1n) is 6.66. The summed E-state index contributed by atoms with van der Waals surface area (Å²) < 4.78 is 30.6. The van der Waals surface area contributed by atoms with Crippen molar-refractivity contribution in [3.63, 3.8) is 0 Å². The van der Waals surface area contributed by atoms with Crippen molar-refractivity contribution in [2.75, 3.05) is 46.4 Å². The van der Waals surface area contributed by atoms with Gasteiger partial charge < -0.3 is 14.7 Å². The van der Waals surface area contributed by atoms with E-state index in [9.17, 15) is 13.6 Å². The summed E-state index contributed by atoms with van der Waals surface area (Å²) >= 11 is 0.567. The Balaban J connectivity index is 1.89. The van der Waals surface area contributed by atoms with Gasteiger partial charge in [-0.15, -0.1) is 11.3 Å². The summed E-state index contributed by atoms with van der Waals surface area (Å²) in [5.41, 5.74) is 0. The summed E-state index contributed by atoms with van der Waals surface area (Å²) in [4.78, 5) is 15.0. The zero-order valence-electron chi connectivity index (χ0n) is 11.7. The third-order valence-corrected chi connectivity index (χ3v) is 4.50. The molecule has 1 fully saturated rings. The van der Waals surface area contributed by atoms with E-state index in [2.05, 4.69) is 16.8 Å². The second-order valence-electron chi connectivity index (χ2n) is 4.94. The lowest BCUT2D eigenvalue weighted by molar-refractivity contribution is 0.0696. The molecule has 1 aliphatic rings. The van der Waals surface area contributed by atoms with Gasteiger partial charge in [0.1, 0.15) is 12.4 Å². The highest BCUT2D eigenvalue weighted by atomic mass is 32.1. The summed E-state index contributed by atoms with van der Waals surface area (Å²) in [7, 11) is 2.06. The maximum absolute atomic E-state index is 12.6. The SMILES string of the molecule is CN1CCN(CCOc2cc(C(F)F)sc2C(=O)O)CC1. The second-order valence-corrected chi connectivity index (χ2v) is 6.03. The Labute approximate surface area is 125 Å². The zero-order chi connectivity index (χ0) is 15.4. The number of carboxylic acids is 1. The molecule has 0 bridgehead atoms. The molecule has 8 heteroatoms. The van der Waals surface area contributed by atoms with Gasteiger partial charge in [-0.2, -0.15) is 0 Å². The lowest BCUT2D eigenvalue weighted by Crippen LogP contribution is -2.45. The highest BCUT2D eigenvalue weighted by Crippen LogP contribution is 2.35. The van der Waals surface area contributed by atoms with Crippen LogP contribution in [0.2, 0.25) is 0 Å². The minimum Gasteiger partial charge on any atom is -0.490 e. The number of halogens is 2. The van der Waals surface area contributed by atoms with E-state index in [0.29, 0.717) is 24.5 Å². The van der Waals surface area contributed by atoms with Crippen LogP contribution in [-0.2, 0) is 0 Å². The number of hydrogen-bond acceptors (Lipinski definition) is 5. The lowest BCUT2D eigenvalue weighted by Gasteiger charge is -2.32. The van der Waals surface area contributed by atoms with Crippen molar-refractivity contribution >= 4 is 17.3 Å². The molecule has 1 N–H and O–H groups in total. The topological polar surface area (TPSA) is 53.0 Å². The van der Waals surface area contributed by atoms with Crippen molar-refractivity contribution in [3.05, 3.63) is 15.8 Å². The number of thiophene rings is 1. The van der Waals surface area contributed by atoms with Crippen LogP contribution in [0.15, 0.2) is 6.07 Å². The predicted octanol–water partition coefficient (Wildman–Crippen LogP) is 2.01. The Kier molecular flexibility index (Phi) is 5.49. The van der Waals surface area contributed by atoms with E-state index >= 15 is 0 Å². The normalized spacial score (nSPS) is 17.3. The smallest absolute Gasteiger partial charge is 0.349 e. The Bertz CT molecular complexity index is 488. The molecule has 0 atom stereocenters. The minimum absolute atomic E-state index is 0.0388. The first-order valence-corrected chi connectivity index (χ1v) is 7.48. The van der Waals surface area contributed by atoms with Crippen LogP contribution in [0.3, 0.4) is 0 Å². The molecule has 1 aromatic rings. The van der Waals surface area contributed by atoms with Gasteiger partial charge in [-0.05, 0) is 7.05 Å². The Hall–Kier alpha value is -1.25. The van der Waals surface area contributed by atoms with E-state index in [4.69, 9.17) is 9.84 Å². The molecule has 0 aliphatic carbocycles. The average molecular weight is 320 g/mol. The number of carbonyl (C=O) groups is 1. The summed E-state index contributed by atoms with van der Waals surface area (Å²) in [6.45, 7) is 4.77. The highest BCUT2D eigenvalue weighted by Gasteiger charge is 2.21. The fourth-order valence-corrected chi connectivity index (χ4v) is 2.91. The van der Waals surface area contributed by atoms with Crippen LogP contribution in [-0.4, -0.2) is 67.3 Å². The number of carboxylic acid groups (broad SMARTS) is 1. The molecule has 118 valence electrons. The van der Waals surface area contributed by atoms with Crippen molar-refractivity contribution in [1.29, 1.82) is 0 Å². The van der Waals surface area contributed by atoms with E-state index in [1.165, 1.54) is 0 Å². The molecule has 0 unspecified atom stereocenters. The van der Waals surface area contributed by atoms with E-state index in [1.54, 1.807) is 0 Å². The fourth-order valence-electron chi connectivity index (χ4n) is 2.11. The molecule has 21 heavy (non-hydrogen) atoms. The molecule has 1 aromatic heterocycles. The van der Waals surface area contributed by atoms with Gasteiger partial charge >= 0.3 is 5.97 Å². The molecule has 0 radical (unpaired) electrons. The van der Waals surface area contributed by atoms with Crippen LogP contribution < -0.4 is 4.74 Å². The molecule has 0 amide bonds. The number of alkyl halides is 2. The number of aromatic carboxylic acids is 1. The number of nitrogens with zero attached hydrogens (tertiary/aromatic N) is 2. The highest BCUT2D eigenvalue weighted by molar-refractivity contribution is 7.14. The fraction of sp³-hybridized carbons (Fsp3) is 0.615. The van der Waals surface area contributed by atoms with Crippen molar-refractivity contribution in [2.24, 2.45) is 0 Å². The summed E-state index contributed by atoms with van der Waals surface area (Å²) in [5, 5.41) is 9.01. The van der Waals surface area contributed by atoms with Crippen LogP contribution in [0.1, 0.15) is 21.0 Å². The largest absolute Gasteiger partial charge is 0.490 e.